The molecule has 1 amide bonds. The fourth-order valence-electron chi connectivity index (χ4n) is 3.51. The van der Waals surface area contributed by atoms with Gasteiger partial charge in [-0.2, -0.15) is 5.10 Å². The molecule has 0 radical (unpaired) electrons. The van der Waals surface area contributed by atoms with Gasteiger partial charge in [-0.3, -0.25) is 9.36 Å². The second kappa shape index (κ2) is 11.6. The molecule has 1 heterocycles. The average Bonchev–Trinajstić information content (AvgIpc) is 3.32. The normalized spacial score (nSPS) is 11.9. The van der Waals surface area contributed by atoms with Crippen LogP contribution in [-0.4, -0.2) is 32.6 Å². The number of rotatable bonds is 8. The molecule has 1 N–H and O–H groups in total. The van der Waals surface area contributed by atoms with Crippen molar-refractivity contribution in [3.8, 4) is 17.1 Å². The summed E-state index contributed by atoms with van der Waals surface area (Å²) in [5.74, 6) is 0.671. The van der Waals surface area contributed by atoms with Crippen molar-refractivity contribution in [2.45, 2.75) is 31.3 Å². The van der Waals surface area contributed by atoms with Gasteiger partial charge in [-0.05, 0) is 34.8 Å². The van der Waals surface area contributed by atoms with E-state index in [0.29, 0.717) is 5.16 Å². The van der Waals surface area contributed by atoms with Crippen LogP contribution in [0, 0.1) is 0 Å². The number of nitrogens with one attached hydrogen (secondary N) is 1. The molecule has 36 heavy (non-hydrogen) atoms. The highest BCUT2D eigenvalue weighted by molar-refractivity contribution is 7.99. The number of aromatic nitrogens is 3. The predicted molar refractivity (Wildman–Crippen MR) is 148 cm³/mol. The van der Waals surface area contributed by atoms with Gasteiger partial charge >= 0.3 is 0 Å². The van der Waals surface area contributed by atoms with Crippen LogP contribution in [0.5, 0.6) is 0 Å². The van der Waals surface area contributed by atoms with Crippen LogP contribution in [0.15, 0.2) is 101 Å². The quantitative estimate of drug-likeness (QED) is 0.181. The van der Waals surface area contributed by atoms with E-state index in [-0.39, 0.29) is 17.1 Å². The van der Waals surface area contributed by atoms with Gasteiger partial charge in [-0.15, -0.1) is 10.2 Å². The van der Waals surface area contributed by atoms with E-state index in [9.17, 15) is 4.79 Å². The van der Waals surface area contributed by atoms with Crippen LogP contribution >= 0.6 is 11.8 Å². The van der Waals surface area contributed by atoms with Gasteiger partial charge in [0.2, 0.25) is 0 Å². The van der Waals surface area contributed by atoms with Crippen molar-refractivity contribution in [3.63, 3.8) is 0 Å². The molecule has 0 aliphatic carbocycles. The minimum absolute atomic E-state index is 0.0693. The Morgan fingerprint density at radius 2 is 1.61 bits per heavy atom. The van der Waals surface area contributed by atoms with Gasteiger partial charge in [-0.25, -0.2) is 5.43 Å². The van der Waals surface area contributed by atoms with E-state index >= 15 is 0 Å². The van der Waals surface area contributed by atoms with Crippen molar-refractivity contribution in [3.05, 3.63) is 102 Å². The first-order chi connectivity index (χ1) is 17.4. The molecule has 4 aromatic rings. The Kier molecular flexibility index (Phi) is 8.13. The Morgan fingerprint density at radius 3 is 2.28 bits per heavy atom. The average molecular weight is 496 g/mol. The molecule has 0 unspecified atom stereocenters. The summed E-state index contributed by atoms with van der Waals surface area (Å²) in [5, 5.41) is 13.5. The number of amides is 1. The molecule has 6 nitrogen and oxygen atoms in total. The van der Waals surface area contributed by atoms with E-state index < -0.39 is 0 Å². The van der Waals surface area contributed by atoms with Crippen LogP contribution in [0.25, 0.3) is 23.2 Å². The maximum atomic E-state index is 12.4. The smallest absolute Gasteiger partial charge is 0.250 e. The molecule has 0 aliphatic rings. The van der Waals surface area contributed by atoms with Crippen molar-refractivity contribution in [2.75, 3.05) is 5.75 Å². The summed E-state index contributed by atoms with van der Waals surface area (Å²) in [6, 6.07) is 28.2. The summed E-state index contributed by atoms with van der Waals surface area (Å²) in [6.07, 6.45) is 5.26. The van der Waals surface area contributed by atoms with Crippen molar-refractivity contribution < 1.29 is 4.79 Å². The third-order valence-corrected chi connectivity index (χ3v) is 6.36. The minimum atomic E-state index is -0.219. The minimum Gasteiger partial charge on any atom is -0.272 e. The van der Waals surface area contributed by atoms with Gasteiger partial charge in [0.15, 0.2) is 11.0 Å². The zero-order valence-electron chi connectivity index (χ0n) is 20.6. The number of para-hydroxylation sites is 1. The second-order valence-electron chi connectivity index (χ2n) is 9.18. The fraction of sp³-hybridized carbons (Fsp3) is 0.172. The summed E-state index contributed by atoms with van der Waals surface area (Å²) in [7, 11) is 0. The zero-order chi connectivity index (χ0) is 25.4. The van der Waals surface area contributed by atoms with Gasteiger partial charge in [0.05, 0.1) is 5.75 Å². The summed E-state index contributed by atoms with van der Waals surface area (Å²) >= 11 is 1.32. The van der Waals surface area contributed by atoms with Gasteiger partial charge in [0, 0.05) is 17.5 Å². The third-order valence-electron chi connectivity index (χ3n) is 5.43. The van der Waals surface area contributed by atoms with Crippen LogP contribution in [-0.2, 0) is 10.2 Å². The van der Waals surface area contributed by atoms with E-state index in [1.165, 1.54) is 17.3 Å². The van der Waals surface area contributed by atoms with E-state index in [4.69, 9.17) is 0 Å². The number of hydrogen-bond donors (Lipinski definition) is 1. The Labute approximate surface area is 216 Å². The van der Waals surface area contributed by atoms with Crippen molar-refractivity contribution in [2.24, 2.45) is 5.10 Å². The van der Waals surface area contributed by atoms with Crippen molar-refractivity contribution in [1.29, 1.82) is 0 Å². The van der Waals surface area contributed by atoms with E-state index in [1.807, 2.05) is 71.3 Å². The van der Waals surface area contributed by atoms with Gasteiger partial charge in [0.1, 0.15) is 0 Å². The first-order valence-electron chi connectivity index (χ1n) is 11.7. The lowest BCUT2D eigenvalue weighted by atomic mass is 9.87. The van der Waals surface area contributed by atoms with Gasteiger partial charge in [0.25, 0.3) is 5.91 Å². The number of thioether (sulfide) groups is 1. The molecule has 0 spiro atoms. The van der Waals surface area contributed by atoms with Crippen LogP contribution < -0.4 is 5.43 Å². The van der Waals surface area contributed by atoms with Gasteiger partial charge in [-0.1, -0.05) is 111 Å². The van der Waals surface area contributed by atoms with E-state index in [1.54, 1.807) is 12.3 Å². The number of carbonyl (C=O) groups is 1. The Morgan fingerprint density at radius 1 is 0.944 bits per heavy atom. The Bertz CT molecular complexity index is 1340. The molecule has 182 valence electrons. The second-order valence-corrected chi connectivity index (χ2v) is 10.1. The van der Waals surface area contributed by atoms with E-state index in [0.717, 1.165) is 22.6 Å². The molecule has 0 aliphatic heterocycles. The lowest BCUT2D eigenvalue weighted by molar-refractivity contribution is -0.118. The SMILES string of the molecule is CC(C)(C)c1ccc(-c2nnc(SCC(=O)N/N=C/C=C/c3ccccc3)n2-c2ccccc2)cc1. The van der Waals surface area contributed by atoms with Crippen LogP contribution in [0.3, 0.4) is 0 Å². The molecule has 0 fully saturated rings. The maximum Gasteiger partial charge on any atom is 0.250 e. The van der Waals surface area contributed by atoms with Crippen molar-refractivity contribution >= 4 is 30.0 Å². The first kappa shape index (κ1) is 25.1. The standard InChI is InChI=1S/C29H29N5OS/c1-29(2,3)24-18-16-23(17-19-24)27-32-33-28(34(27)25-14-8-5-9-15-25)36-21-26(35)31-30-20-10-13-22-11-6-4-7-12-22/h4-20H,21H2,1-3H3,(H,31,35)/b13-10+,30-20+. The van der Waals surface area contributed by atoms with Crippen LogP contribution in [0.2, 0.25) is 0 Å². The molecule has 3 aromatic carbocycles. The number of allylic oxidation sites excluding steroid dienone is 1. The molecule has 0 atom stereocenters. The molecule has 0 bridgehead atoms. The highest BCUT2D eigenvalue weighted by Crippen LogP contribution is 2.30. The van der Waals surface area contributed by atoms with E-state index in [2.05, 4.69) is 65.8 Å². The fourth-order valence-corrected chi connectivity index (χ4v) is 4.26. The molecule has 0 saturated heterocycles. The number of carbonyl (C=O) groups excluding carboxylic acids is 1. The number of nitrogens with zero attached hydrogens (tertiary/aromatic N) is 4. The molecule has 4 rings (SSSR count). The molecule has 0 saturated carbocycles. The zero-order valence-corrected chi connectivity index (χ0v) is 21.4. The Hall–Kier alpha value is -3.97. The lowest BCUT2D eigenvalue weighted by Gasteiger charge is -2.19. The first-order valence-corrected chi connectivity index (χ1v) is 12.7. The Balaban J connectivity index is 1.46. The van der Waals surface area contributed by atoms with Crippen LogP contribution in [0.1, 0.15) is 31.9 Å². The topological polar surface area (TPSA) is 72.2 Å². The highest BCUT2D eigenvalue weighted by Gasteiger charge is 2.18. The number of benzene rings is 3. The number of hydrazone groups is 1. The van der Waals surface area contributed by atoms with Crippen LogP contribution in [0.4, 0.5) is 0 Å². The molecule has 1 aromatic heterocycles. The molecule has 7 heteroatoms. The molecular weight excluding hydrogens is 466 g/mol. The molecular formula is C29H29N5OS. The summed E-state index contributed by atoms with van der Waals surface area (Å²) in [6.45, 7) is 6.58. The number of hydrogen-bond acceptors (Lipinski definition) is 5. The summed E-state index contributed by atoms with van der Waals surface area (Å²) in [4.78, 5) is 12.4. The van der Waals surface area contributed by atoms with Crippen molar-refractivity contribution in [1.82, 2.24) is 20.2 Å². The predicted octanol–water partition coefficient (Wildman–Crippen LogP) is 6.14. The maximum absolute atomic E-state index is 12.4. The van der Waals surface area contributed by atoms with Gasteiger partial charge < -0.3 is 0 Å². The lowest BCUT2D eigenvalue weighted by Crippen LogP contribution is -2.19. The third kappa shape index (κ3) is 6.58. The summed E-state index contributed by atoms with van der Waals surface area (Å²) in [5.41, 5.74) is 6.84. The highest BCUT2D eigenvalue weighted by atomic mass is 32.2. The monoisotopic (exact) mass is 495 g/mol. The summed E-state index contributed by atoms with van der Waals surface area (Å²) < 4.78 is 1.98. The largest absolute Gasteiger partial charge is 0.272 e.